The molecule has 5 rings (SSSR count). The van der Waals surface area contributed by atoms with Gasteiger partial charge in [0.05, 0.1) is 31.0 Å². The molecule has 1 aliphatic heterocycles. The summed E-state index contributed by atoms with van der Waals surface area (Å²) < 4.78 is 15.6. The van der Waals surface area contributed by atoms with Crippen molar-refractivity contribution in [2.24, 2.45) is 4.99 Å². The van der Waals surface area contributed by atoms with Crippen LogP contribution in [0.1, 0.15) is 33.2 Å². The van der Waals surface area contributed by atoms with E-state index in [0.29, 0.717) is 0 Å². The third kappa shape index (κ3) is 6.15. The zero-order valence-electron chi connectivity index (χ0n) is 23.9. The standard InChI is InChI=1S/C34H29N3O6/c1-4-36-31(38)30(43-34(36)35-29-22-24(32(39)41-2)17-20-28(29)33(40)42-3)21-23-15-18-27(19-16-23)37(25-11-7-5-8-12-25)26-13-9-6-10-14-26/h5-22H,4H2,1-3H3/b30-21+,35-34-. The maximum atomic E-state index is 13.3. The molecule has 0 unspecified atom stereocenters. The number of rotatable bonds is 8. The molecule has 0 N–H and O–H groups in total. The quantitative estimate of drug-likeness (QED) is 0.172. The number of nitrogens with zero attached hydrogens (tertiary/aromatic N) is 3. The first kappa shape index (κ1) is 28.8. The second kappa shape index (κ2) is 12.9. The van der Waals surface area contributed by atoms with Crippen LogP contribution in [0.15, 0.2) is 114 Å². The lowest BCUT2D eigenvalue weighted by atomic mass is 10.1. The molecule has 0 atom stereocenters. The number of likely N-dealkylation sites (N-methyl/N-ethyl adjacent to an activating group) is 1. The van der Waals surface area contributed by atoms with Crippen molar-refractivity contribution < 1.29 is 28.6 Å². The van der Waals surface area contributed by atoms with Gasteiger partial charge in [0, 0.05) is 23.6 Å². The van der Waals surface area contributed by atoms with Crippen LogP contribution in [0.4, 0.5) is 22.7 Å². The highest BCUT2D eigenvalue weighted by Crippen LogP contribution is 2.34. The number of benzene rings is 4. The van der Waals surface area contributed by atoms with Crippen molar-refractivity contribution in [3.05, 3.63) is 126 Å². The van der Waals surface area contributed by atoms with Crippen LogP contribution in [0.3, 0.4) is 0 Å². The zero-order chi connectivity index (χ0) is 30.3. The SMILES string of the molecule is CCN1C(=O)/C(=C\c2ccc(N(c3ccccc3)c3ccccc3)cc2)O/C1=N\c1cc(C(=O)OC)ccc1C(=O)OC. The zero-order valence-corrected chi connectivity index (χ0v) is 23.9. The number of anilines is 3. The van der Waals surface area contributed by atoms with Crippen LogP contribution in [-0.2, 0) is 19.0 Å². The van der Waals surface area contributed by atoms with Gasteiger partial charge in [-0.15, -0.1) is 0 Å². The third-order valence-electron chi connectivity index (χ3n) is 6.72. The molecular formula is C34H29N3O6. The van der Waals surface area contributed by atoms with Gasteiger partial charge in [-0.1, -0.05) is 48.5 Å². The fourth-order valence-corrected chi connectivity index (χ4v) is 4.60. The molecule has 4 aromatic carbocycles. The van der Waals surface area contributed by atoms with E-state index in [0.717, 1.165) is 22.6 Å². The molecule has 9 heteroatoms. The predicted molar refractivity (Wildman–Crippen MR) is 164 cm³/mol. The summed E-state index contributed by atoms with van der Waals surface area (Å²) in [7, 11) is 2.50. The molecule has 4 aromatic rings. The number of hydrogen-bond acceptors (Lipinski definition) is 8. The molecule has 0 saturated carbocycles. The van der Waals surface area contributed by atoms with Gasteiger partial charge in [0.1, 0.15) is 0 Å². The number of carbonyl (C=O) groups is 3. The van der Waals surface area contributed by atoms with E-state index in [2.05, 4.69) is 9.89 Å². The number of aliphatic imine (C=N–C) groups is 1. The Kier molecular flexibility index (Phi) is 8.62. The van der Waals surface area contributed by atoms with Crippen molar-refractivity contribution in [2.45, 2.75) is 6.92 Å². The number of methoxy groups -OCH3 is 2. The van der Waals surface area contributed by atoms with E-state index in [1.54, 1.807) is 13.0 Å². The van der Waals surface area contributed by atoms with E-state index in [9.17, 15) is 14.4 Å². The first-order valence-corrected chi connectivity index (χ1v) is 13.5. The Morgan fingerprint density at radius 3 is 1.95 bits per heavy atom. The molecular weight excluding hydrogens is 546 g/mol. The molecule has 0 aromatic heterocycles. The van der Waals surface area contributed by atoms with E-state index in [1.165, 1.54) is 37.3 Å². The monoisotopic (exact) mass is 575 g/mol. The van der Waals surface area contributed by atoms with Crippen LogP contribution < -0.4 is 4.90 Å². The molecule has 1 heterocycles. The van der Waals surface area contributed by atoms with Gasteiger partial charge in [-0.05, 0) is 73.2 Å². The normalized spacial score (nSPS) is 14.5. The van der Waals surface area contributed by atoms with Crippen LogP contribution in [-0.4, -0.2) is 49.5 Å². The first-order chi connectivity index (χ1) is 20.9. The fourth-order valence-electron chi connectivity index (χ4n) is 4.60. The summed E-state index contributed by atoms with van der Waals surface area (Å²) in [5.41, 5.74) is 4.09. The summed E-state index contributed by atoms with van der Waals surface area (Å²) in [5.74, 6) is -1.57. The Labute approximate surface area is 249 Å². The van der Waals surface area contributed by atoms with Gasteiger partial charge in [-0.2, -0.15) is 4.99 Å². The number of carbonyl (C=O) groups excluding carboxylic acids is 3. The number of hydrogen-bond donors (Lipinski definition) is 0. The Bertz CT molecular complexity index is 1660. The molecule has 43 heavy (non-hydrogen) atoms. The van der Waals surface area contributed by atoms with Crippen LogP contribution in [0.5, 0.6) is 0 Å². The smallest absolute Gasteiger partial charge is 0.340 e. The number of amidine groups is 1. The lowest BCUT2D eigenvalue weighted by Crippen LogP contribution is -2.29. The third-order valence-corrected chi connectivity index (χ3v) is 6.72. The van der Waals surface area contributed by atoms with Gasteiger partial charge >= 0.3 is 18.0 Å². The summed E-state index contributed by atoms with van der Waals surface area (Å²) in [6.07, 6.45) is 1.64. The van der Waals surface area contributed by atoms with E-state index < -0.39 is 11.9 Å². The van der Waals surface area contributed by atoms with Crippen molar-refractivity contribution in [3.8, 4) is 0 Å². The number of para-hydroxylation sites is 2. The Hall–Kier alpha value is -5.70. The van der Waals surface area contributed by atoms with E-state index in [1.807, 2.05) is 84.9 Å². The lowest BCUT2D eigenvalue weighted by Gasteiger charge is -2.25. The van der Waals surface area contributed by atoms with Crippen molar-refractivity contribution in [3.63, 3.8) is 0 Å². The van der Waals surface area contributed by atoms with E-state index in [4.69, 9.17) is 14.2 Å². The predicted octanol–water partition coefficient (Wildman–Crippen LogP) is 6.64. The Balaban J connectivity index is 1.47. The number of amides is 1. The van der Waals surface area contributed by atoms with E-state index >= 15 is 0 Å². The van der Waals surface area contributed by atoms with Crippen molar-refractivity contribution in [1.82, 2.24) is 4.90 Å². The second-order valence-electron chi connectivity index (χ2n) is 9.37. The molecule has 1 amide bonds. The average Bonchev–Trinajstić information content (AvgIpc) is 3.34. The molecule has 0 bridgehead atoms. The van der Waals surface area contributed by atoms with Crippen molar-refractivity contribution in [2.75, 3.05) is 25.7 Å². The topological polar surface area (TPSA) is 97.7 Å². The number of esters is 2. The molecule has 1 aliphatic rings. The average molecular weight is 576 g/mol. The molecule has 9 nitrogen and oxygen atoms in total. The molecule has 0 aliphatic carbocycles. The van der Waals surface area contributed by atoms with Crippen molar-refractivity contribution >= 4 is 52.7 Å². The highest BCUT2D eigenvalue weighted by Gasteiger charge is 2.34. The molecule has 0 spiro atoms. The van der Waals surface area contributed by atoms with E-state index in [-0.39, 0.29) is 41.0 Å². The first-order valence-electron chi connectivity index (χ1n) is 13.5. The minimum atomic E-state index is -0.654. The highest BCUT2D eigenvalue weighted by atomic mass is 16.5. The van der Waals surface area contributed by atoms with Gasteiger partial charge in [-0.3, -0.25) is 9.69 Å². The summed E-state index contributed by atoms with van der Waals surface area (Å²) in [6, 6.07) is 32.0. The fraction of sp³-hybridized carbons (Fsp3) is 0.118. The summed E-state index contributed by atoms with van der Waals surface area (Å²) in [5, 5.41) is 0. The van der Waals surface area contributed by atoms with Gasteiger partial charge in [0.15, 0.2) is 5.76 Å². The van der Waals surface area contributed by atoms with Crippen LogP contribution in [0.25, 0.3) is 6.08 Å². The second-order valence-corrected chi connectivity index (χ2v) is 9.37. The molecule has 216 valence electrons. The van der Waals surface area contributed by atoms with Gasteiger partial charge in [0.25, 0.3) is 5.91 Å². The van der Waals surface area contributed by atoms with Crippen LogP contribution in [0.2, 0.25) is 0 Å². The molecule has 0 radical (unpaired) electrons. The minimum absolute atomic E-state index is 0.0260. The summed E-state index contributed by atoms with van der Waals surface area (Å²) in [4.78, 5) is 45.7. The lowest BCUT2D eigenvalue weighted by molar-refractivity contribution is -0.122. The Morgan fingerprint density at radius 2 is 1.40 bits per heavy atom. The molecule has 1 saturated heterocycles. The van der Waals surface area contributed by atoms with Gasteiger partial charge < -0.3 is 19.1 Å². The number of ether oxygens (including phenoxy) is 3. The maximum Gasteiger partial charge on any atom is 0.340 e. The maximum absolute atomic E-state index is 13.3. The van der Waals surface area contributed by atoms with Gasteiger partial charge in [0.2, 0.25) is 0 Å². The summed E-state index contributed by atoms with van der Waals surface area (Å²) >= 11 is 0. The molecule has 1 fully saturated rings. The van der Waals surface area contributed by atoms with Crippen molar-refractivity contribution in [1.29, 1.82) is 0 Å². The minimum Gasteiger partial charge on any atom is -0.465 e. The highest BCUT2D eigenvalue weighted by molar-refractivity contribution is 6.12. The van der Waals surface area contributed by atoms with Crippen LogP contribution in [0, 0.1) is 0 Å². The largest absolute Gasteiger partial charge is 0.465 e. The Morgan fingerprint density at radius 1 is 0.814 bits per heavy atom. The van der Waals surface area contributed by atoms with Gasteiger partial charge in [-0.25, -0.2) is 9.59 Å². The van der Waals surface area contributed by atoms with Crippen LogP contribution >= 0.6 is 0 Å². The summed E-state index contributed by atoms with van der Waals surface area (Å²) in [6.45, 7) is 2.05.